The van der Waals surface area contributed by atoms with Crippen LogP contribution < -0.4 is 10.1 Å². The number of piperidine rings is 1. The molecule has 3 heteroatoms. The third kappa shape index (κ3) is 2.02. The first kappa shape index (κ1) is 12.0. The van der Waals surface area contributed by atoms with Crippen molar-refractivity contribution in [3.63, 3.8) is 0 Å². The van der Waals surface area contributed by atoms with Crippen LogP contribution in [0.3, 0.4) is 0 Å². The fourth-order valence-electron chi connectivity index (χ4n) is 3.10. The summed E-state index contributed by atoms with van der Waals surface area (Å²) < 4.78 is 6.23. The number of nitrogens with one attached hydrogen (secondary N) is 1. The smallest absolute Gasteiger partial charge is 0.125 e. The lowest BCUT2D eigenvalue weighted by Crippen LogP contribution is -2.49. The number of hydrogen-bond donors (Lipinski definition) is 2. The van der Waals surface area contributed by atoms with Gasteiger partial charge in [-0.2, -0.15) is 0 Å². The lowest BCUT2D eigenvalue weighted by molar-refractivity contribution is -0.0337. The second-order valence-electron chi connectivity index (χ2n) is 5.48. The molecule has 98 valence electrons. The van der Waals surface area contributed by atoms with E-state index in [0.29, 0.717) is 0 Å². The van der Waals surface area contributed by atoms with Crippen molar-refractivity contribution in [3.8, 4) is 5.75 Å². The largest absolute Gasteiger partial charge is 0.487 e. The summed E-state index contributed by atoms with van der Waals surface area (Å²) in [5.41, 5.74) is 2.09. The fraction of sp³-hybridized carbons (Fsp3) is 0.600. The molecule has 1 atom stereocenters. The van der Waals surface area contributed by atoms with Gasteiger partial charge in [0.2, 0.25) is 0 Å². The monoisotopic (exact) mass is 247 g/mol. The molecular weight excluding hydrogens is 226 g/mol. The number of rotatable bonds is 1. The molecule has 3 rings (SSSR count). The summed E-state index contributed by atoms with van der Waals surface area (Å²) in [6.45, 7) is 4.09. The summed E-state index contributed by atoms with van der Waals surface area (Å²) in [4.78, 5) is 0. The van der Waals surface area contributed by atoms with Gasteiger partial charge in [-0.15, -0.1) is 0 Å². The second kappa shape index (κ2) is 4.56. The van der Waals surface area contributed by atoms with Crippen LogP contribution in [-0.2, 0) is 6.42 Å². The van der Waals surface area contributed by atoms with Gasteiger partial charge in [0.15, 0.2) is 0 Å². The van der Waals surface area contributed by atoms with Gasteiger partial charge in [0.25, 0.3) is 0 Å². The number of aryl methyl sites for hydroxylation is 1. The third-order valence-electron chi connectivity index (χ3n) is 4.25. The first-order valence-corrected chi connectivity index (χ1v) is 6.93. The van der Waals surface area contributed by atoms with E-state index < -0.39 is 0 Å². The molecule has 0 radical (unpaired) electrons. The van der Waals surface area contributed by atoms with Gasteiger partial charge < -0.3 is 15.2 Å². The number of hydrogen-bond acceptors (Lipinski definition) is 3. The molecule has 0 amide bonds. The lowest BCUT2D eigenvalue weighted by atomic mass is 9.82. The molecule has 1 fully saturated rings. The quantitative estimate of drug-likeness (QED) is 0.799. The van der Waals surface area contributed by atoms with Crippen LogP contribution in [0.2, 0.25) is 0 Å². The molecule has 1 unspecified atom stereocenters. The fourth-order valence-corrected chi connectivity index (χ4v) is 3.10. The van der Waals surface area contributed by atoms with Gasteiger partial charge in [0.05, 0.1) is 6.10 Å². The van der Waals surface area contributed by atoms with Gasteiger partial charge in [0, 0.05) is 12.0 Å². The first-order chi connectivity index (χ1) is 8.72. The molecule has 2 heterocycles. The van der Waals surface area contributed by atoms with Crippen LogP contribution in [0, 0.1) is 0 Å². The maximum atomic E-state index is 10.4. The van der Waals surface area contributed by atoms with Crippen molar-refractivity contribution in [1.29, 1.82) is 0 Å². The van der Waals surface area contributed by atoms with Crippen LogP contribution in [0.1, 0.15) is 43.4 Å². The summed E-state index contributed by atoms with van der Waals surface area (Å²) in [7, 11) is 0. The van der Waals surface area contributed by atoms with Crippen LogP contribution in [0.15, 0.2) is 18.2 Å². The van der Waals surface area contributed by atoms with Crippen molar-refractivity contribution < 1.29 is 9.84 Å². The molecule has 0 bridgehead atoms. The average molecular weight is 247 g/mol. The number of benzene rings is 1. The SMILES string of the molecule is CCc1ccc2c(c1)C(O)CC1(CCNCC1)O2. The van der Waals surface area contributed by atoms with Gasteiger partial charge in [-0.1, -0.05) is 13.0 Å². The average Bonchev–Trinajstić information content (AvgIpc) is 2.39. The normalized spacial score (nSPS) is 25.6. The number of fused-ring (bicyclic) bond motifs is 1. The molecule has 1 aromatic carbocycles. The van der Waals surface area contributed by atoms with E-state index in [9.17, 15) is 5.11 Å². The minimum atomic E-state index is -0.377. The summed E-state index contributed by atoms with van der Waals surface area (Å²) in [6, 6.07) is 6.22. The Morgan fingerprint density at radius 2 is 2.17 bits per heavy atom. The van der Waals surface area contributed by atoms with Crippen molar-refractivity contribution >= 4 is 0 Å². The number of aliphatic hydroxyl groups is 1. The Bertz CT molecular complexity index is 438. The third-order valence-corrected chi connectivity index (χ3v) is 4.25. The van der Waals surface area contributed by atoms with E-state index in [0.717, 1.165) is 50.1 Å². The molecule has 2 N–H and O–H groups in total. The van der Waals surface area contributed by atoms with Crippen molar-refractivity contribution in [2.45, 2.75) is 44.3 Å². The highest BCUT2D eigenvalue weighted by Gasteiger charge is 2.41. The van der Waals surface area contributed by atoms with Gasteiger partial charge >= 0.3 is 0 Å². The van der Waals surface area contributed by atoms with E-state index in [-0.39, 0.29) is 11.7 Å². The van der Waals surface area contributed by atoms with Crippen LogP contribution in [0.25, 0.3) is 0 Å². The van der Waals surface area contributed by atoms with Crippen molar-refractivity contribution in [1.82, 2.24) is 5.32 Å². The molecule has 0 aromatic heterocycles. The summed E-state index contributed by atoms with van der Waals surface area (Å²) >= 11 is 0. The van der Waals surface area contributed by atoms with Gasteiger partial charge in [-0.05, 0) is 50.0 Å². The lowest BCUT2D eigenvalue weighted by Gasteiger charge is -2.43. The minimum absolute atomic E-state index is 0.147. The van der Waals surface area contributed by atoms with E-state index >= 15 is 0 Å². The minimum Gasteiger partial charge on any atom is -0.487 e. The highest BCUT2D eigenvalue weighted by atomic mass is 16.5. The van der Waals surface area contributed by atoms with Crippen LogP contribution in [0.5, 0.6) is 5.75 Å². The second-order valence-corrected chi connectivity index (χ2v) is 5.48. The molecule has 2 aliphatic heterocycles. The molecule has 1 saturated heterocycles. The first-order valence-electron chi connectivity index (χ1n) is 6.93. The molecule has 0 saturated carbocycles. The van der Waals surface area contributed by atoms with Gasteiger partial charge in [0.1, 0.15) is 11.4 Å². The molecule has 0 aliphatic carbocycles. The zero-order valence-electron chi connectivity index (χ0n) is 10.9. The Morgan fingerprint density at radius 3 is 2.89 bits per heavy atom. The van der Waals surface area contributed by atoms with E-state index in [1.807, 2.05) is 6.07 Å². The van der Waals surface area contributed by atoms with E-state index in [4.69, 9.17) is 4.74 Å². The van der Waals surface area contributed by atoms with Crippen LogP contribution in [-0.4, -0.2) is 23.8 Å². The van der Waals surface area contributed by atoms with Crippen LogP contribution >= 0.6 is 0 Å². The van der Waals surface area contributed by atoms with E-state index in [2.05, 4.69) is 24.4 Å². The summed E-state index contributed by atoms with van der Waals surface area (Å²) in [5, 5.41) is 13.8. The number of aliphatic hydroxyl groups excluding tert-OH is 1. The predicted molar refractivity (Wildman–Crippen MR) is 70.9 cm³/mol. The summed E-state index contributed by atoms with van der Waals surface area (Å²) in [5.74, 6) is 0.882. The Labute approximate surface area is 108 Å². The zero-order valence-corrected chi connectivity index (χ0v) is 10.9. The molecule has 1 spiro atoms. The molecule has 1 aromatic rings. The highest BCUT2D eigenvalue weighted by Crippen LogP contribution is 2.43. The standard InChI is InChI=1S/C15H21NO2/c1-2-11-3-4-14-12(9-11)13(17)10-15(18-14)5-7-16-8-6-15/h3-4,9,13,16-17H,2,5-8,10H2,1H3. The van der Waals surface area contributed by atoms with Crippen molar-refractivity contribution in [3.05, 3.63) is 29.3 Å². The molecular formula is C15H21NO2. The van der Waals surface area contributed by atoms with Gasteiger partial charge in [-0.25, -0.2) is 0 Å². The predicted octanol–water partition coefficient (Wildman–Crippen LogP) is 2.19. The highest BCUT2D eigenvalue weighted by molar-refractivity contribution is 5.41. The zero-order chi connectivity index (χ0) is 12.6. The molecule has 18 heavy (non-hydrogen) atoms. The maximum Gasteiger partial charge on any atom is 0.125 e. The molecule has 2 aliphatic rings. The Kier molecular flexibility index (Phi) is 3.04. The van der Waals surface area contributed by atoms with E-state index in [1.54, 1.807) is 0 Å². The Morgan fingerprint density at radius 1 is 1.39 bits per heavy atom. The van der Waals surface area contributed by atoms with Crippen molar-refractivity contribution in [2.75, 3.05) is 13.1 Å². The topological polar surface area (TPSA) is 41.5 Å². The summed E-state index contributed by atoms with van der Waals surface area (Å²) in [6.07, 6.45) is 3.32. The van der Waals surface area contributed by atoms with Crippen molar-refractivity contribution in [2.24, 2.45) is 0 Å². The van der Waals surface area contributed by atoms with Gasteiger partial charge in [-0.3, -0.25) is 0 Å². The van der Waals surface area contributed by atoms with Crippen LogP contribution in [0.4, 0.5) is 0 Å². The molecule has 3 nitrogen and oxygen atoms in total. The Balaban J connectivity index is 1.92. The number of ether oxygens (including phenoxy) is 1. The Hall–Kier alpha value is -1.06. The van der Waals surface area contributed by atoms with E-state index in [1.165, 1.54) is 5.56 Å². The maximum absolute atomic E-state index is 10.4.